The van der Waals surface area contributed by atoms with E-state index in [1.807, 2.05) is 0 Å². The maximum Gasteiger partial charge on any atom is 0.387 e. The van der Waals surface area contributed by atoms with Crippen molar-refractivity contribution in [3.8, 4) is 5.75 Å². The van der Waals surface area contributed by atoms with Gasteiger partial charge in [0.25, 0.3) is 0 Å². The van der Waals surface area contributed by atoms with Crippen LogP contribution in [-0.4, -0.2) is 39.7 Å². The second-order valence-electron chi connectivity index (χ2n) is 4.92. The molecule has 6 nitrogen and oxygen atoms in total. The average Bonchev–Trinajstić information content (AvgIpc) is 3.03. The number of nitrogens with one attached hydrogen (secondary N) is 1. The lowest BCUT2D eigenvalue weighted by Crippen LogP contribution is -2.42. The summed E-state index contributed by atoms with van der Waals surface area (Å²) in [5.74, 6) is 0.0495. The summed E-state index contributed by atoms with van der Waals surface area (Å²) < 4.78 is 28.6. The van der Waals surface area contributed by atoms with Crippen LogP contribution in [0.2, 0.25) is 0 Å². The van der Waals surface area contributed by atoms with Crippen molar-refractivity contribution in [2.24, 2.45) is 0 Å². The van der Waals surface area contributed by atoms with Gasteiger partial charge in [-0.15, -0.1) is 5.10 Å². The van der Waals surface area contributed by atoms with Crippen LogP contribution in [0.4, 0.5) is 14.5 Å². The summed E-state index contributed by atoms with van der Waals surface area (Å²) in [6.07, 6.45) is 3.20. The third-order valence-electron chi connectivity index (χ3n) is 3.42. The third-order valence-corrected chi connectivity index (χ3v) is 4.58. The maximum atomic E-state index is 12.6. The predicted octanol–water partition coefficient (Wildman–Crippen LogP) is 2.69. The molecule has 1 fully saturated rings. The number of anilines is 1. The lowest BCUT2D eigenvalue weighted by molar-refractivity contribution is -0.119. The van der Waals surface area contributed by atoms with Gasteiger partial charge < -0.3 is 9.64 Å². The molecule has 0 spiro atoms. The number of halogens is 2. The Morgan fingerprint density at radius 2 is 2.13 bits per heavy atom. The van der Waals surface area contributed by atoms with Crippen LogP contribution >= 0.6 is 11.8 Å². The van der Waals surface area contributed by atoms with E-state index in [2.05, 4.69) is 20.1 Å². The van der Waals surface area contributed by atoms with Gasteiger partial charge in [-0.05, 0) is 37.1 Å². The normalized spacial score (nSPS) is 18.5. The first kappa shape index (κ1) is 15.7. The zero-order valence-corrected chi connectivity index (χ0v) is 12.8. The Bertz CT molecular complexity index is 651. The summed E-state index contributed by atoms with van der Waals surface area (Å²) in [6, 6.07) is 6.09. The number of benzene rings is 1. The number of aromatic nitrogens is 3. The first-order valence-electron chi connectivity index (χ1n) is 7.02. The van der Waals surface area contributed by atoms with E-state index in [9.17, 15) is 13.6 Å². The fourth-order valence-corrected chi connectivity index (χ4v) is 3.42. The molecule has 0 unspecified atom stereocenters. The van der Waals surface area contributed by atoms with Crippen molar-refractivity contribution in [3.63, 3.8) is 0 Å². The molecule has 2 heterocycles. The van der Waals surface area contributed by atoms with Crippen molar-refractivity contribution >= 4 is 23.4 Å². The number of amides is 1. The van der Waals surface area contributed by atoms with Crippen molar-refractivity contribution in [1.29, 1.82) is 0 Å². The standard InChI is InChI=1S/C14H14F2N4O2S/c15-14(16)22-10-5-3-9(4-6-10)20-7-1-2-11(13(20)21)23-12-8-17-19-18-12/h3-6,8,11,14H,1-2,7H2,(H,17,18,19)/t11-/m0/s1. The Labute approximate surface area is 135 Å². The van der Waals surface area contributed by atoms with Crippen LogP contribution in [0, 0.1) is 0 Å². The van der Waals surface area contributed by atoms with E-state index in [0.717, 1.165) is 12.8 Å². The monoisotopic (exact) mass is 340 g/mol. The molecule has 1 atom stereocenters. The Balaban J connectivity index is 1.70. The van der Waals surface area contributed by atoms with Gasteiger partial charge >= 0.3 is 6.61 Å². The van der Waals surface area contributed by atoms with Gasteiger partial charge in [0.05, 0.1) is 11.4 Å². The van der Waals surface area contributed by atoms with Crippen LogP contribution in [0.25, 0.3) is 0 Å². The van der Waals surface area contributed by atoms with Crippen LogP contribution in [0.15, 0.2) is 35.5 Å². The van der Waals surface area contributed by atoms with E-state index in [1.54, 1.807) is 23.2 Å². The Kier molecular flexibility index (Phi) is 4.75. The van der Waals surface area contributed by atoms with Crippen molar-refractivity contribution in [3.05, 3.63) is 30.5 Å². The molecule has 2 aromatic rings. The minimum absolute atomic E-state index is 0.0215. The lowest BCUT2D eigenvalue weighted by atomic mass is 10.1. The first-order chi connectivity index (χ1) is 11.1. The number of hydrogen-bond donors (Lipinski definition) is 1. The molecule has 0 saturated carbocycles. The smallest absolute Gasteiger partial charge is 0.387 e. The highest BCUT2D eigenvalue weighted by Gasteiger charge is 2.31. The van der Waals surface area contributed by atoms with Crippen LogP contribution in [-0.2, 0) is 4.79 Å². The summed E-state index contributed by atoms with van der Waals surface area (Å²) >= 11 is 1.37. The maximum absolute atomic E-state index is 12.6. The van der Waals surface area contributed by atoms with Gasteiger partial charge in [0.1, 0.15) is 10.8 Å². The van der Waals surface area contributed by atoms with Crippen molar-refractivity contribution in [2.45, 2.75) is 29.7 Å². The zero-order valence-electron chi connectivity index (χ0n) is 12.0. The van der Waals surface area contributed by atoms with Gasteiger partial charge in [-0.3, -0.25) is 4.79 Å². The Morgan fingerprint density at radius 1 is 1.35 bits per heavy atom. The number of nitrogens with zero attached hydrogens (tertiary/aromatic N) is 3. The molecule has 1 amide bonds. The molecule has 1 aromatic heterocycles. The number of piperidine rings is 1. The number of ether oxygens (including phenoxy) is 1. The largest absolute Gasteiger partial charge is 0.435 e. The van der Waals surface area contributed by atoms with Crippen LogP contribution in [0.1, 0.15) is 12.8 Å². The third kappa shape index (κ3) is 3.79. The average molecular weight is 340 g/mol. The van der Waals surface area contributed by atoms with E-state index in [4.69, 9.17) is 0 Å². The van der Waals surface area contributed by atoms with Gasteiger partial charge in [0, 0.05) is 12.2 Å². The van der Waals surface area contributed by atoms with Crippen molar-refractivity contribution < 1.29 is 18.3 Å². The number of carbonyl (C=O) groups excluding carboxylic acids is 1. The van der Waals surface area contributed by atoms with Gasteiger partial charge in [0.15, 0.2) is 0 Å². The molecule has 0 aliphatic carbocycles. The summed E-state index contributed by atoms with van der Waals surface area (Å²) in [5, 5.41) is 10.6. The number of rotatable bonds is 5. The number of thioether (sulfide) groups is 1. The van der Waals surface area contributed by atoms with Crippen molar-refractivity contribution in [2.75, 3.05) is 11.4 Å². The molecule has 1 aliphatic rings. The summed E-state index contributed by atoms with van der Waals surface area (Å²) in [5.41, 5.74) is 0.669. The highest BCUT2D eigenvalue weighted by molar-refractivity contribution is 8.00. The molecule has 1 aliphatic heterocycles. The molecule has 1 N–H and O–H groups in total. The molecule has 0 bridgehead atoms. The summed E-state index contributed by atoms with van der Waals surface area (Å²) in [4.78, 5) is 14.3. The van der Waals surface area contributed by atoms with Crippen LogP contribution < -0.4 is 9.64 Å². The molecule has 0 radical (unpaired) electrons. The zero-order chi connectivity index (χ0) is 16.2. The number of H-pyrrole nitrogens is 1. The molecular weight excluding hydrogens is 326 g/mol. The van der Waals surface area contributed by atoms with Crippen LogP contribution in [0.3, 0.4) is 0 Å². The topological polar surface area (TPSA) is 71.1 Å². The number of hydrogen-bond acceptors (Lipinski definition) is 5. The molecule has 23 heavy (non-hydrogen) atoms. The SMILES string of the molecule is O=C1[C@@H](Sc2cn[nH]n2)CCCN1c1ccc(OC(F)F)cc1. The van der Waals surface area contributed by atoms with Crippen molar-refractivity contribution in [1.82, 2.24) is 15.4 Å². The quantitative estimate of drug-likeness (QED) is 0.906. The Morgan fingerprint density at radius 3 is 2.78 bits per heavy atom. The molecule has 122 valence electrons. The van der Waals surface area contributed by atoms with Crippen LogP contribution in [0.5, 0.6) is 5.75 Å². The highest BCUT2D eigenvalue weighted by atomic mass is 32.2. The van der Waals surface area contributed by atoms with Gasteiger partial charge in [-0.25, -0.2) is 0 Å². The predicted molar refractivity (Wildman–Crippen MR) is 80.7 cm³/mol. The molecule has 9 heteroatoms. The second kappa shape index (κ2) is 6.95. The van der Waals surface area contributed by atoms with E-state index < -0.39 is 6.61 Å². The minimum Gasteiger partial charge on any atom is -0.435 e. The van der Waals surface area contributed by atoms with E-state index in [-0.39, 0.29) is 16.9 Å². The molecule has 1 saturated heterocycles. The molecule has 1 aromatic carbocycles. The van der Waals surface area contributed by atoms with E-state index >= 15 is 0 Å². The highest BCUT2D eigenvalue weighted by Crippen LogP contribution is 2.31. The lowest BCUT2D eigenvalue weighted by Gasteiger charge is -2.31. The summed E-state index contributed by atoms with van der Waals surface area (Å²) in [7, 11) is 0. The minimum atomic E-state index is -2.86. The van der Waals surface area contributed by atoms with Gasteiger partial charge in [-0.1, -0.05) is 11.8 Å². The fraction of sp³-hybridized carbons (Fsp3) is 0.357. The number of carbonyl (C=O) groups is 1. The summed E-state index contributed by atoms with van der Waals surface area (Å²) in [6.45, 7) is -2.26. The Hall–Kier alpha value is -2.16. The fourth-order valence-electron chi connectivity index (χ4n) is 2.41. The molecular formula is C14H14F2N4O2S. The van der Waals surface area contributed by atoms with Gasteiger partial charge in [-0.2, -0.15) is 19.1 Å². The second-order valence-corrected chi connectivity index (χ2v) is 6.14. The van der Waals surface area contributed by atoms with E-state index in [1.165, 1.54) is 23.9 Å². The molecule has 3 rings (SSSR count). The number of aromatic amines is 1. The van der Waals surface area contributed by atoms with E-state index in [0.29, 0.717) is 17.3 Å². The van der Waals surface area contributed by atoms with Gasteiger partial charge in [0.2, 0.25) is 5.91 Å². The number of alkyl halides is 2. The first-order valence-corrected chi connectivity index (χ1v) is 7.90.